The molecule has 0 amide bonds. The number of oxime groups is 1. The van der Waals surface area contributed by atoms with Crippen LogP contribution in [0.15, 0.2) is 124 Å². The summed E-state index contributed by atoms with van der Waals surface area (Å²) < 4.78 is 21.1. The minimum atomic E-state index is -1.07. The van der Waals surface area contributed by atoms with Crippen LogP contribution < -0.4 is 9.47 Å². The van der Waals surface area contributed by atoms with Gasteiger partial charge in [-0.2, -0.15) is 0 Å². The first kappa shape index (κ1) is 41.4. The third-order valence-corrected chi connectivity index (χ3v) is 13.4. The van der Waals surface area contributed by atoms with Gasteiger partial charge < -0.3 is 29.3 Å². The van der Waals surface area contributed by atoms with Crippen LogP contribution in [0.1, 0.15) is 77.2 Å². The Bertz CT molecular complexity index is 2060. The molecule has 6 atom stereocenters. The van der Waals surface area contributed by atoms with Crippen LogP contribution in [0.5, 0.6) is 17.2 Å². The molecule has 9 heteroatoms. The molecule has 1 saturated carbocycles. The van der Waals surface area contributed by atoms with Gasteiger partial charge >= 0.3 is 0 Å². The molecular weight excluding hydrogens is 751 g/mol. The zero-order valence-corrected chi connectivity index (χ0v) is 35.3. The summed E-state index contributed by atoms with van der Waals surface area (Å²) in [7, 11) is 0. The van der Waals surface area contributed by atoms with Gasteiger partial charge in [-0.15, -0.1) is 30.1 Å². The number of rotatable bonds is 17. The maximum absolute atomic E-state index is 9.97. The maximum atomic E-state index is 9.97. The molecular formula is C48H57NO6S2. The second-order valence-electron chi connectivity index (χ2n) is 16.4. The van der Waals surface area contributed by atoms with E-state index < -0.39 is 11.4 Å². The first-order valence-corrected chi connectivity index (χ1v) is 22.5. The van der Waals surface area contributed by atoms with E-state index in [1.165, 1.54) is 15.7 Å². The molecule has 0 spiro atoms. The lowest BCUT2D eigenvalue weighted by molar-refractivity contribution is -0.223. The summed E-state index contributed by atoms with van der Waals surface area (Å²) in [6.45, 7) is 10.8. The summed E-state index contributed by atoms with van der Waals surface area (Å²) in [6.07, 6.45) is 12.0. The first-order chi connectivity index (χ1) is 27.7. The molecule has 57 heavy (non-hydrogen) atoms. The normalized spacial score (nSPS) is 24.6. The number of aliphatic hydroxyl groups excluding tert-OH is 2. The van der Waals surface area contributed by atoms with E-state index in [1.54, 1.807) is 23.5 Å². The fourth-order valence-electron chi connectivity index (χ4n) is 8.87. The Morgan fingerprint density at radius 3 is 2.32 bits per heavy atom. The van der Waals surface area contributed by atoms with E-state index in [4.69, 9.17) is 24.2 Å². The van der Waals surface area contributed by atoms with Gasteiger partial charge in [0.1, 0.15) is 22.8 Å². The van der Waals surface area contributed by atoms with Crippen LogP contribution in [0, 0.1) is 17.8 Å². The molecule has 7 rings (SSSR count). The van der Waals surface area contributed by atoms with Crippen molar-refractivity contribution in [3.8, 4) is 17.2 Å². The summed E-state index contributed by atoms with van der Waals surface area (Å²) in [5.74, 6) is 1.38. The number of nitrogens with zero attached hydrogens (tertiary/aromatic N) is 1. The van der Waals surface area contributed by atoms with Gasteiger partial charge in [0.05, 0.1) is 23.5 Å². The van der Waals surface area contributed by atoms with Crippen molar-refractivity contribution in [2.75, 3.05) is 26.1 Å². The van der Waals surface area contributed by atoms with Crippen molar-refractivity contribution < 1.29 is 29.3 Å². The Labute approximate surface area is 346 Å². The van der Waals surface area contributed by atoms with E-state index in [2.05, 4.69) is 85.6 Å². The molecule has 1 heterocycles. The standard InChI is InChI=1S/C48H57NO6S2/c1-6-27-52-48-44(57-38-21-17-32-13-7-8-14-33(32)28-38)31-42(49-55-47(2,3)4)40-29-34(15-9-11-25-50)39(16-10-12-26-51)45(46(40)48)41-30-36(20-24-43(41)54-48)53-35-18-22-37(56-5)23-19-35/h6-8,13-14,17-24,28-30,34,39,44-46,50-51H,1,9-12,15-16,25-27,31H2,2-5H3/t34-,39+,44-,45+,46+,48+/m0/s1. The number of thioether (sulfide) groups is 2. The number of hydrogen-bond donors (Lipinski definition) is 2. The number of allylic oxidation sites excluding steroid dienone is 1. The molecule has 1 fully saturated rings. The highest BCUT2D eigenvalue weighted by molar-refractivity contribution is 8.00. The quantitative estimate of drug-likeness (QED) is 0.0472. The Morgan fingerprint density at radius 2 is 1.60 bits per heavy atom. The van der Waals surface area contributed by atoms with Crippen LogP contribution in [-0.4, -0.2) is 58.6 Å². The zero-order chi connectivity index (χ0) is 40.0. The van der Waals surface area contributed by atoms with Crippen molar-refractivity contribution >= 4 is 40.0 Å². The van der Waals surface area contributed by atoms with E-state index in [0.717, 1.165) is 77.5 Å². The van der Waals surface area contributed by atoms with Crippen molar-refractivity contribution in [1.29, 1.82) is 0 Å². The average molecular weight is 808 g/mol. The maximum Gasteiger partial charge on any atom is 0.231 e. The van der Waals surface area contributed by atoms with Gasteiger partial charge in [0.25, 0.3) is 0 Å². The van der Waals surface area contributed by atoms with Crippen LogP contribution in [0.25, 0.3) is 10.8 Å². The largest absolute Gasteiger partial charge is 0.460 e. The fourth-order valence-corrected chi connectivity index (χ4v) is 10.6. The number of hydrogen-bond acceptors (Lipinski definition) is 9. The highest BCUT2D eigenvalue weighted by Gasteiger charge is 2.64. The molecule has 0 aromatic heterocycles. The van der Waals surface area contributed by atoms with Crippen LogP contribution in [0.4, 0.5) is 0 Å². The van der Waals surface area contributed by atoms with Gasteiger partial charge in [0, 0.05) is 40.9 Å². The minimum absolute atomic E-state index is 0.0290. The molecule has 4 aromatic carbocycles. The number of aliphatic hydroxyl groups is 2. The van der Waals surface area contributed by atoms with Gasteiger partial charge in [-0.1, -0.05) is 60.5 Å². The summed E-state index contributed by atoms with van der Waals surface area (Å²) in [5, 5.41) is 27.0. The molecule has 4 aromatic rings. The van der Waals surface area contributed by atoms with E-state index in [-0.39, 0.29) is 42.1 Å². The number of fused-ring (bicyclic) bond motifs is 3. The first-order valence-electron chi connectivity index (χ1n) is 20.4. The SMILES string of the molecule is C=CCO[C@@]12Oc3ccc(Oc4ccc(SC)cc4)cc3[C@H]3[C@H](CCCCO)[C@@H](CCCCO)C=C(C(=NOC(C)(C)C)C[C@@H]1Sc1ccc4ccccc4c1)[C@H]32. The van der Waals surface area contributed by atoms with Crippen molar-refractivity contribution in [3.63, 3.8) is 0 Å². The van der Waals surface area contributed by atoms with E-state index >= 15 is 0 Å². The average Bonchev–Trinajstić information content (AvgIpc) is 3.21. The van der Waals surface area contributed by atoms with Gasteiger partial charge in [0.15, 0.2) is 0 Å². The number of ether oxygens (including phenoxy) is 3. The minimum Gasteiger partial charge on any atom is -0.460 e. The lowest BCUT2D eigenvalue weighted by Crippen LogP contribution is -2.64. The van der Waals surface area contributed by atoms with Crippen molar-refractivity contribution in [1.82, 2.24) is 0 Å². The van der Waals surface area contributed by atoms with Crippen molar-refractivity contribution in [2.24, 2.45) is 22.9 Å². The number of benzene rings is 4. The fraction of sp³-hybridized carbons (Fsp3) is 0.438. The summed E-state index contributed by atoms with van der Waals surface area (Å²) in [5.41, 5.74) is 2.64. The predicted octanol–water partition coefficient (Wildman–Crippen LogP) is 11.6. The molecule has 0 saturated heterocycles. The van der Waals surface area contributed by atoms with Crippen LogP contribution >= 0.6 is 23.5 Å². The molecule has 302 valence electrons. The second kappa shape index (κ2) is 18.5. The molecule has 7 nitrogen and oxygen atoms in total. The molecule has 3 aliphatic rings. The summed E-state index contributed by atoms with van der Waals surface area (Å²) >= 11 is 3.48. The van der Waals surface area contributed by atoms with Crippen LogP contribution in [0.3, 0.4) is 0 Å². The van der Waals surface area contributed by atoms with Crippen molar-refractivity contribution in [3.05, 3.63) is 115 Å². The molecule has 2 N–H and O–H groups in total. The highest BCUT2D eigenvalue weighted by Crippen LogP contribution is 2.63. The van der Waals surface area contributed by atoms with Gasteiger partial charge in [-0.05, 0) is 135 Å². The van der Waals surface area contributed by atoms with E-state index in [9.17, 15) is 10.2 Å². The Balaban J connectivity index is 1.42. The third kappa shape index (κ3) is 9.29. The van der Waals surface area contributed by atoms with Gasteiger partial charge in [-0.25, -0.2) is 0 Å². The van der Waals surface area contributed by atoms with E-state index in [0.29, 0.717) is 13.0 Å². The lowest BCUT2D eigenvalue weighted by Gasteiger charge is -2.58. The second-order valence-corrected chi connectivity index (χ2v) is 18.5. The molecule has 1 aliphatic heterocycles. The Kier molecular flexibility index (Phi) is 13.4. The topological polar surface area (TPSA) is 89.7 Å². The zero-order valence-electron chi connectivity index (χ0n) is 33.7. The Morgan fingerprint density at radius 1 is 0.877 bits per heavy atom. The number of unbranched alkanes of at least 4 members (excludes halogenated alkanes) is 2. The molecule has 0 bridgehead atoms. The van der Waals surface area contributed by atoms with E-state index in [1.807, 2.05) is 45.0 Å². The molecule has 2 aliphatic carbocycles. The van der Waals surface area contributed by atoms with Crippen LogP contribution in [-0.2, 0) is 9.57 Å². The predicted molar refractivity (Wildman–Crippen MR) is 234 cm³/mol. The summed E-state index contributed by atoms with van der Waals surface area (Å²) in [4.78, 5) is 8.59. The third-order valence-electron chi connectivity index (χ3n) is 11.3. The smallest absolute Gasteiger partial charge is 0.231 e. The Hall–Kier alpha value is -3.73. The molecule has 0 radical (unpaired) electrons. The highest BCUT2D eigenvalue weighted by atomic mass is 32.2. The molecule has 0 unspecified atom stereocenters. The summed E-state index contributed by atoms with van der Waals surface area (Å²) in [6, 6.07) is 29.5. The van der Waals surface area contributed by atoms with Crippen molar-refractivity contribution in [2.45, 2.75) is 98.1 Å². The lowest BCUT2D eigenvalue weighted by atomic mass is 9.56. The van der Waals surface area contributed by atoms with Crippen LogP contribution in [0.2, 0.25) is 0 Å². The van der Waals surface area contributed by atoms with Gasteiger partial charge in [0.2, 0.25) is 5.79 Å². The van der Waals surface area contributed by atoms with Gasteiger partial charge in [-0.3, -0.25) is 0 Å². The monoisotopic (exact) mass is 807 g/mol.